The van der Waals surface area contributed by atoms with Gasteiger partial charge >= 0.3 is 0 Å². The van der Waals surface area contributed by atoms with Crippen molar-refractivity contribution in [3.8, 4) is 0 Å². The first-order valence-corrected chi connectivity index (χ1v) is 6.58. The average Bonchev–Trinajstić information content (AvgIpc) is 2.38. The predicted octanol–water partition coefficient (Wildman–Crippen LogP) is 4.63. The highest BCUT2D eigenvalue weighted by molar-refractivity contribution is 9.08. The van der Waals surface area contributed by atoms with Crippen LogP contribution in [0.1, 0.15) is 5.56 Å². The average molecular weight is 312 g/mol. The van der Waals surface area contributed by atoms with Gasteiger partial charge in [-0.1, -0.05) is 34.1 Å². The summed E-state index contributed by atoms with van der Waals surface area (Å²) in [6.07, 6.45) is 0. The van der Waals surface area contributed by atoms with E-state index in [1.54, 1.807) is 19.2 Å². The van der Waals surface area contributed by atoms with Crippen molar-refractivity contribution < 1.29 is 8.78 Å². The van der Waals surface area contributed by atoms with Crippen LogP contribution in [0.15, 0.2) is 42.5 Å². The van der Waals surface area contributed by atoms with Gasteiger partial charge in [0.05, 0.1) is 0 Å². The van der Waals surface area contributed by atoms with Crippen LogP contribution in [0.5, 0.6) is 0 Å². The first-order chi connectivity index (χ1) is 8.63. The first-order valence-electron chi connectivity index (χ1n) is 5.46. The molecule has 0 radical (unpaired) electrons. The molecular formula is C14H12BrF2N. The molecule has 94 valence electrons. The number of nitrogens with zero attached hydrogens (tertiary/aromatic N) is 1. The maximum atomic E-state index is 13.9. The molecule has 0 aliphatic heterocycles. The van der Waals surface area contributed by atoms with E-state index in [1.807, 2.05) is 18.2 Å². The highest BCUT2D eigenvalue weighted by Crippen LogP contribution is 2.30. The Morgan fingerprint density at radius 3 is 2.11 bits per heavy atom. The van der Waals surface area contributed by atoms with E-state index in [9.17, 15) is 8.78 Å². The summed E-state index contributed by atoms with van der Waals surface area (Å²) in [5.41, 5.74) is 1.28. The van der Waals surface area contributed by atoms with Crippen molar-refractivity contribution in [3.05, 3.63) is 59.7 Å². The monoisotopic (exact) mass is 311 g/mol. The SMILES string of the molecule is CN(c1ccccc1)c1c(F)cc(CBr)cc1F. The Morgan fingerprint density at radius 2 is 1.61 bits per heavy atom. The van der Waals surface area contributed by atoms with Gasteiger partial charge in [-0.2, -0.15) is 0 Å². The van der Waals surface area contributed by atoms with Gasteiger partial charge in [-0.3, -0.25) is 0 Å². The van der Waals surface area contributed by atoms with Gasteiger partial charge in [0.15, 0.2) is 0 Å². The number of anilines is 2. The van der Waals surface area contributed by atoms with Crippen LogP contribution in [0.2, 0.25) is 0 Å². The summed E-state index contributed by atoms with van der Waals surface area (Å²) in [7, 11) is 1.64. The van der Waals surface area contributed by atoms with Crippen molar-refractivity contribution in [2.24, 2.45) is 0 Å². The van der Waals surface area contributed by atoms with Gasteiger partial charge in [0.25, 0.3) is 0 Å². The molecule has 0 saturated heterocycles. The Kier molecular flexibility index (Phi) is 3.97. The Balaban J connectivity index is 2.45. The molecule has 0 aliphatic carbocycles. The third-order valence-corrected chi connectivity index (χ3v) is 3.36. The zero-order valence-electron chi connectivity index (χ0n) is 9.83. The topological polar surface area (TPSA) is 3.24 Å². The molecule has 0 amide bonds. The second-order valence-corrected chi connectivity index (χ2v) is 4.50. The Hall–Kier alpha value is -1.42. The minimum absolute atomic E-state index is 0.0362. The van der Waals surface area contributed by atoms with E-state index in [4.69, 9.17) is 0 Å². The molecular weight excluding hydrogens is 300 g/mol. The van der Waals surface area contributed by atoms with Crippen LogP contribution < -0.4 is 4.90 Å². The van der Waals surface area contributed by atoms with Gasteiger partial charge in [0.1, 0.15) is 17.3 Å². The quantitative estimate of drug-likeness (QED) is 0.747. The molecule has 0 fully saturated rings. The standard InChI is InChI=1S/C14H12BrF2N/c1-18(11-5-3-2-4-6-11)14-12(16)7-10(9-15)8-13(14)17/h2-8H,9H2,1H3. The van der Waals surface area contributed by atoms with Crippen LogP contribution in [0.3, 0.4) is 0 Å². The van der Waals surface area contributed by atoms with Crippen molar-refractivity contribution in [2.75, 3.05) is 11.9 Å². The number of halogens is 3. The zero-order chi connectivity index (χ0) is 13.1. The second kappa shape index (κ2) is 5.48. The van der Waals surface area contributed by atoms with Crippen LogP contribution in [-0.4, -0.2) is 7.05 Å². The number of rotatable bonds is 3. The lowest BCUT2D eigenvalue weighted by Crippen LogP contribution is -2.13. The Bertz CT molecular complexity index is 520. The third-order valence-electron chi connectivity index (χ3n) is 2.71. The lowest BCUT2D eigenvalue weighted by molar-refractivity contribution is 0.582. The van der Waals surface area contributed by atoms with Gasteiger partial charge in [0, 0.05) is 18.1 Å². The largest absolute Gasteiger partial charge is 0.340 e. The third kappa shape index (κ3) is 2.53. The summed E-state index contributed by atoms with van der Waals surface area (Å²) in [6, 6.07) is 11.8. The number of hydrogen-bond acceptors (Lipinski definition) is 1. The van der Waals surface area contributed by atoms with Crippen LogP contribution in [0.25, 0.3) is 0 Å². The highest BCUT2D eigenvalue weighted by Gasteiger charge is 2.16. The number of hydrogen-bond donors (Lipinski definition) is 0. The molecule has 4 heteroatoms. The minimum atomic E-state index is -0.559. The number of alkyl halides is 1. The minimum Gasteiger partial charge on any atom is -0.340 e. The molecule has 0 saturated carbocycles. The van der Waals surface area contributed by atoms with E-state index in [0.717, 1.165) is 5.69 Å². The molecule has 0 aromatic heterocycles. The molecule has 2 aromatic rings. The summed E-state index contributed by atoms with van der Waals surface area (Å²) in [5.74, 6) is -1.12. The second-order valence-electron chi connectivity index (χ2n) is 3.94. The fourth-order valence-electron chi connectivity index (χ4n) is 1.80. The van der Waals surface area contributed by atoms with E-state index in [-0.39, 0.29) is 5.69 Å². The highest BCUT2D eigenvalue weighted by atomic mass is 79.9. The molecule has 0 aliphatic rings. The zero-order valence-corrected chi connectivity index (χ0v) is 11.4. The molecule has 0 heterocycles. The normalized spacial score (nSPS) is 10.4. The fourth-order valence-corrected chi connectivity index (χ4v) is 2.12. The number of benzene rings is 2. The van der Waals surface area contributed by atoms with Gasteiger partial charge in [-0.05, 0) is 29.8 Å². The van der Waals surface area contributed by atoms with Crippen molar-refractivity contribution in [2.45, 2.75) is 5.33 Å². The molecule has 2 rings (SSSR count). The smallest absolute Gasteiger partial charge is 0.150 e. The van der Waals surface area contributed by atoms with Crippen LogP contribution in [0.4, 0.5) is 20.2 Å². The molecule has 0 unspecified atom stereocenters. The van der Waals surface area contributed by atoms with E-state index >= 15 is 0 Å². The summed E-state index contributed by atoms with van der Waals surface area (Å²) in [6.45, 7) is 0. The van der Waals surface area contributed by atoms with Crippen molar-refractivity contribution in [1.82, 2.24) is 0 Å². The number of para-hydroxylation sites is 1. The summed E-state index contributed by atoms with van der Waals surface area (Å²) >= 11 is 3.19. The van der Waals surface area contributed by atoms with Gasteiger partial charge in [-0.15, -0.1) is 0 Å². The van der Waals surface area contributed by atoms with E-state index in [0.29, 0.717) is 10.9 Å². The van der Waals surface area contributed by atoms with E-state index in [1.165, 1.54) is 17.0 Å². The van der Waals surface area contributed by atoms with Crippen molar-refractivity contribution >= 4 is 27.3 Å². The Labute approximate surface area is 113 Å². The van der Waals surface area contributed by atoms with Gasteiger partial charge in [0.2, 0.25) is 0 Å². The van der Waals surface area contributed by atoms with Crippen LogP contribution in [0, 0.1) is 11.6 Å². The maximum absolute atomic E-state index is 13.9. The van der Waals surface area contributed by atoms with Gasteiger partial charge in [-0.25, -0.2) is 8.78 Å². The van der Waals surface area contributed by atoms with E-state index < -0.39 is 11.6 Å². The predicted molar refractivity (Wildman–Crippen MR) is 73.5 cm³/mol. The van der Waals surface area contributed by atoms with Crippen molar-refractivity contribution in [3.63, 3.8) is 0 Å². The summed E-state index contributed by atoms with van der Waals surface area (Å²) in [4.78, 5) is 1.50. The maximum Gasteiger partial charge on any atom is 0.150 e. The molecule has 18 heavy (non-hydrogen) atoms. The molecule has 0 N–H and O–H groups in total. The molecule has 2 aromatic carbocycles. The molecule has 0 atom stereocenters. The lowest BCUT2D eigenvalue weighted by Gasteiger charge is -2.21. The summed E-state index contributed by atoms with van der Waals surface area (Å²) in [5, 5.41) is 0.427. The Morgan fingerprint density at radius 1 is 1.06 bits per heavy atom. The van der Waals surface area contributed by atoms with Crippen LogP contribution >= 0.6 is 15.9 Å². The fraction of sp³-hybridized carbons (Fsp3) is 0.143. The molecule has 1 nitrogen and oxygen atoms in total. The molecule has 0 bridgehead atoms. The molecule has 0 spiro atoms. The van der Waals surface area contributed by atoms with Crippen LogP contribution in [-0.2, 0) is 5.33 Å². The first kappa shape index (κ1) is 13.0. The van der Waals surface area contributed by atoms with E-state index in [2.05, 4.69) is 15.9 Å². The lowest BCUT2D eigenvalue weighted by atomic mass is 10.2. The van der Waals surface area contributed by atoms with Gasteiger partial charge < -0.3 is 4.90 Å². The summed E-state index contributed by atoms with van der Waals surface area (Å²) < 4.78 is 27.9. The van der Waals surface area contributed by atoms with Crippen molar-refractivity contribution in [1.29, 1.82) is 0 Å².